The largest absolute Gasteiger partial charge is 0.392 e. The van der Waals surface area contributed by atoms with Crippen LogP contribution in [0.1, 0.15) is 38.8 Å². The molecule has 1 N–H and O–H groups in total. The predicted octanol–water partition coefficient (Wildman–Crippen LogP) is 2.72. The van der Waals surface area contributed by atoms with Crippen LogP contribution in [0.15, 0.2) is 35.7 Å². The average Bonchev–Trinajstić information content (AvgIpc) is 2.42. The Labute approximate surface area is 128 Å². The number of aryl methyl sites for hydroxylation is 1. The third kappa shape index (κ3) is 3.93. The van der Waals surface area contributed by atoms with E-state index in [1.54, 1.807) is 24.3 Å². The summed E-state index contributed by atoms with van der Waals surface area (Å²) in [6, 6.07) is 4.94. The third-order valence-corrected chi connectivity index (χ3v) is 5.49. The zero-order chi connectivity index (χ0) is 16.3. The van der Waals surface area contributed by atoms with Crippen molar-refractivity contribution >= 4 is 10.0 Å². The molecular weight excluding hydrogens is 286 g/mol. The third-order valence-electron chi connectivity index (χ3n) is 3.36. The fourth-order valence-electron chi connectivity index (χ4n) is 2.23. The number of aliphatic hydroxyl groups excluding tert-OH is 1. The number of nitrogens with zero attached hydrogens (tertiary/aromatic N) is 1. The van der Waals surface area contributed by atoms with Crippen LogP contribution in [0.3, 0.4) is 0 Å². The molecule has 0 heterocycles. The van der Waals surface area contributed by atoms with Gasteiger partial charge in [0.2, 0.25) is 10.0 Å². The minimum absolute atomic E-state index is 0.163. The van der Waals surface area contributed by atoms with Crippen LogP contribution in [0.5, 0.6) is 0 Å². The van der Waals surface area contributed by atoms with Crippen molar-refractivity contribution in [3.05, 3.63) is 42.0 Å². The molecule has 0 saturated carbocycles. The van der Waals surface area contributed by atoms with Crippen molar-refractivity contribution in [3.63, 3.8) is 0 Å². The highest BCUT2D eigenvalue weighted by atomic mass is 32.2. The molecule has 0 bridgehead atoms. The molecular formula is C16H25NO3S. The number of rotatable bonds is 6. The van der Waals surface area contributed by atoms with Crippen LogP contribution in [0.25, 0.3) is 0 Å². The summed E-state index contributed by atoms with van der Waals surface area (Å²) in [5.74, 6) is 0. The highest BCUT2D eigenvalue weighted by molar-refractivity contribution is 7.89. The van der Waals surface area contributed by atoms with Crippen molar-refractivity contribution in [2.24, 2.45) is 0 Å². The molecule has 1 aromatic rings. The highest BCUT2D eigenvalue weighted by Crippen LogP contribution is 2.26. The maximum atomic E-state index is 12.8. The van der Waals surface area contributed by atoms with Gasteiger partial charge in [0.15, 0.2) is 0 Å². The first-order chi connectivity index (χ1) is 9.68. The Morgan fingerprint density at radius 2 is 1.90 bits per heavy atom. The molecule has 0 amide bonds. The van der Waals surface area contributed by atoms with Gasteiger partial charge < -0.3 is 5.11 Å². The summed E-state index contributed by atoms with van der Waals surface area (Å²) < 4.78 is 27.1. The topological polar surface area (TPSA) is 57.6 Å². The minimum atomic E-state index is -3.63. The van der Waals surface area contributed by atoms with Crippen LogP contribution in [-0.4, -0.2) is 29.9 Å². The summed E-state index contributed by atoms with van der Waals surface area (Å²) in [6.07, 6.45) is 2.34. The number of sulfonamides is 1. The second kappa shape index (κ2) is 6.73. The molecule has 1 aromatic carbocycles. The Morgan fingerprint density at radius 3 is 2.33 bits per heavy atom. The van der Waals surface area contributed by atoms with Gasteiger partial charge in [-0.15, -0.1) is 6.58 Å². The Kier molecular flexibility index (Phi) is 5.73. The van der Waals surface area contributed by atoms with Gasteiger partial charge >= 0.3 is 0 Å². The summed E-state index contributed by atoms with van der Waals surface area (Å²) in [6.45, 7) is 11.2. The summed E-state index contributed by atoms with van der Waals surface area (Å²) in [7, 11) is -3.63. The second-order valence-electron chi connectivity index (χ2n) is 5.94. The summed E-state index contributed by atoms with van der Waals surface area (Å²) in [4.78, 5) is 0.209. The Hall–Kier alpha value is -1.17. The Bertz CT molecular complexity index is 600. The van der Waals surface area contributed by atoms with Gasteiger partial charge in [0.05, 0.1) is 11.5 Å². The molecule has 0 aliphatic carbocycles. The molecule has 4 nitrogen and oxygen atoms in total. The van der Waals surface area contributed by atoms with E-state index in [1.807, 2.05) is 27.7 Å². The van der Waals surface area contributed by atoms with Crippen LogP contribution in [0, 0.1) is 0 Å². The predicted molar refractivity (Wildman–Crippen MR) is 85.6 cm³/mol. The molecule has 0 aromatic heterocycles. The Morgan fingerprint density at radius 1 is 1.29 bits per heavy atom. The molecule has 0 fully saturated rings. The molecule has 0 saturated heterocycles. The standard InChI is InChI=1S/C16H25NO3S/c1-6-10-17(16(3,4)5)21(19,20)15-9-8-13(7-2)14(11-15)12-18/h6,8-9,11,18H,1,7,10,12H2,2-5H3. The van der Waals surface area contributed by atoms with Gasteiger partial charge in [-0.1, -0.05) is 19.1 Å². The smallest absolute Gasteiger partial charge is 0.243 e. The fourth-order valence-corrected chi connectivity index (χ4v) is 4.04. The van der Waals surface area contributed by atoms with Crippen molar-refractivity contribution in [3.8, 4) is 0 Å². The summed E-state index contributed by atoms with van der Waals surface area (Å²) in [5.41, 5.74) is 1.07. The molecule has 0 unspecified atom stereocenters. The summed E-state index contributed by atoms with van der Waals surface area (Å²) >= 11 is 0. The molecule has 0 aliphatic rings. The number of aliphatic hydroxyl groups is 1. The van der Waals surface area contributed by atoms with Crippen molar-refractivity contribution in [2.75, 3.05) is 6.54 Å². The number of benzene rings is 1. The average molecular weight is 311 g/mol. The normalized spacial score (nSPS) is 12.7. The lowest BCUT2D eigenvalue weighted by atomic mass is 10.1. The zero-order valence-corrected chi connectivity index (χ0v) is 14.1. The molecule has 118 valence electrons. The lowest BCUT2D eigenvalue weighted by molar-refractivity contribution is 0.269. The molecule has 21 heavy (non-hydrogen) atoms. The van der Waals surface area contributed by atoms with Crippen LogP contribution < -0.4 is 0 Å². The molecule has 1 rings (SSSR count). The van der Waals surface area contributed by atoms with Gasteiger partial charge in [-0.05, 0) is 50.5 Å². The van der Waals surface area contributed by atoms with Crippen LogP contribution in [0.2, 0.25) is 0 Å². The van der Waals surface area contributed by atoms with Crippen molar-refractivity contribution < 1.29 is 13.5 Å². The van der Waals surface area contributed by atoms with Gasteiger partial charge in [0.1, 0.15) is 0 Å². The highest BCUT2D eigenvalue weighted by Gasteiger charge is 2.33. The fraction of sp³-hybridized carbons (Fsp3) is 0.500. The van der Waals surface area contributed by atoms with E-state index in [-0.39, 0.29) is 18.0 Å². The van der Waals surface area contributed by atoms with Gasteiger partial charge in [-0.2, -0.15) is 4.31 Å². The number of hydrogen-bond acceptors (Lipinski definition) is 3. The van der Waals surface area contributed by atoms with Gasteiger partial charge in [-0.3, -0.25) is 0 Å². The second-order valence-corrected chi connectivity index (χ2v) is 7.80. The quantitative estimate of drug-likeness (QED) is 0.822. The minimum Gasteiger partial charge on any atom is -0.392 e. The van der Waals surface area contributed by atoms with E-state index in [9.17, 15) is 13.5 Å². The summed E-state index contributed by atoms with van der Waals surface area (Å²) in [5, 5.41) is 9.42. The Balaban J connectivity index is 3.38. The monoisotopic (exact) mass is 311 g/mol. The SMILES string of the molecule is C=CCN(C(C)(C)C)S(=O)(=O)c1ccc(CC)c(CO)c1. The maximum absolute atomic E-state index is 12.8. The zero-order valence-electron chi connectivity index (χ0n) is 13.3. The molecule has 0 aliphatic heterocycles. The van der Waals surface area contributed by atoms with Crippen molar-refractivity contribution in [2.45, 2.75) is 51.2 Å². The van der Waals surface area contributed by atoms with Gasteiger partial charge in [0.25, 0.3) is 0 Å². The van der Waals surface area contributed by atoms with E-state index >= 15 is 0 Å². The van der Waals surface area contributed by atoms with Gasteiger partial charge in [-0.25, -0.2) is 8.42 Å². The first-order valence-corrected chi connectivity index (χ1v) is 8.48. The van der Waals surface area contributed by atoms with E-state index in [1.165, 1.54) is 4.31 Å². The molecule has 0 spiro atoms. The van der Waals surface area contributed by atoms with E-state index < -0.39 is 15.6 Å². The van der Waals surface area contributed by atoms with Crippen LogP contribution in [-0.2, 0) is 23.1 Å². The van der Waals surface area contributed by atoms with E-state index in [4.69, 9.17) is 0 Å². The van der Waals surface area contributed by atoms with E-state index in [0.717, 1.165) is 12.0 Å². The molecule has 5 heteroatoms. The molecule has 0 atom stereocenters. The van der Waals surface area contributed by atoms with Crippen LogP contribution in [0.4, 0.5) is 0 Å². The van der Waals surface area contributed by atoms with Gasteiger partial charge in [0, 0.05) is 12.1 Å². The maximum Gasteiger partial charge on any atom is 0.243 e. The van der Waals surface area contributed by atoms with E-state index in [0.29, 0.717) is 5.56 Å². The number of hydrogen-bond donors (Lipinski definition) is 1. The van der Waals surface area contributed by atoms with E-state index in [2.05, 4.69) is 6.58 Å². The molecule has 0 radical (unpaired) electrons. The first kappa shape index (κ1) is 17.9. The van der Waals surface area contributed by atoms with Crippen LogP contribution >= 0.6 is 0 Å². The lowest BCUT2D eigenvalue weighted by Crippen LogP contribution is -2.45. The lowest BCUT2D eigenvalue weighted by Gasteiger charge is -2.33. The van der Waals surface area contributed by atoms with Crippen molar-refractivity contribution in [1.82, 2.24) is 4.31 Å². The first-order valence-electron chi connectivity index (χ1n) is 7.04. The van der Waals surface area contributed by atoms with Crippen molar-refractivity contribution in [1.29, 1.82) is 0 Å².